The largest absolute Gasteiger partial charge is 0.497 e. The van der Waals surface area contributed by atoms with Gasteiger partial charge in [-0.1, -0.05) is 48.4 Å². The Morgan fingerprint density at radius 2 is 1.79 bits per heavy atom. The van der Waals surface area contributed by atoms with Gasteiger partial charge < -0.3 is 10.1 Å². The topological polar surface area (TPSA) is 69.0 Å². The smallest absolute Gasteiger partial charge is 0.274 e. The van der Waals surface area contributed by atoms with Crippen LogP contribution in [0.3, 0.4) is 0 Å². The van der Waals surface area contributed by atoms with Gasteiger partial charge in [0, 0.05) is 0 Å². The molecule has 29 heavy (non-hydrogen) atoms. The fourth-order valence-electron chi connectivity index (χ4n) is 4.14. The number of hydrogen-bond donors (Lipinski definition) is 1. The summed E-state index contributed by atoms with van der Waals surface area (Å²) in [5, 5.41) is 11.6. The van der Waals surface area contributed by atoms with E-state index in [0.29, 0.717) is 17.3 Å². The molecule has 1 aromatic heterocycles. The minimum Gasteiger partial charge on any atom is -0.497 e. The van der Waals surface area contributed by atoms with Crippen LogP contribution in [0.5, 0.6) is 5.75 Å². The number of carbonyl (C=O) groups excluding carboxylic acids is 1. The van der Waals surface area contributed by atoms with Gasteiger partial charge >= 0.3 is 0 Å². The zero-order chi connectivity index (χ0) is 20.2. The van der Waals surface area contributed by atoms with Gasteiger partial charge in [-0.05, 0) is 55.5 Å². The molecule has 2 aromatic carbocycles. The standard InChI is InChI=1S/C23H26N4O2/c1-16-21(25-26-27(16)19-12-14-20(29-2)15-13-19)23(28)24-22(18-10-6-7-11-18)17-8-4-3-5-9-17/h3-5,8-9,12-15,18,22H,6-7,10-11H2,1-2H3,(H,24,28). The van der Waals surface area contributed by atoms with E-state index in [1.54, 1.807) is 11.8 Å². The third-order valence-electron chi connectivity index (χ3n) is 5.74. The molecule has 1 aliphatic rings. The molecule has 150 valence electrons. The second kappa shape index (κ2) is 8.47. The van der Waals surface area contributed by atoms with E-state index in [4.69, 9.17) is 4.74 Å². The van der Waals surface area contributed by atoms with Crippen molar-refractivity contribution in [1.82, 2.24) is 20.3 Å². The van der Waals surface area contributed by atoms with Crippen molar-refractivity contribution in [3.63, 3.8) is 0 Å². The molecule has 0 bridgehead atoms. The number of carbonyl (C=O) groups is 1. The minimum absolute atomic E-state index is 0.00302. The van der Waals surface area contributed by atoms with Crippen LogP contribution >= 0.6 is 0 Å². The van der Waals surface area contributed by atoms with Gasteiger partial charge in [-0.2, -0.15) is 0 Å². The number of amides is 1. The first-order chi connectivity index (χ1) is 14.2. The first kappa shape index (κ1) is 19.2. The lowest BCUT2D eigenvalue weighted by Crippen LogP contribution is -2.33. The Hall–Kier alpha value is -3.15. The fourth-order valence-corrected chi connectivity index (χ4v) is 4.14. The molecule has 1 N–H and O–H groups in total. The van der Waals surface area contributed by atoms with Crippen LogP contribution in [0, 0.1) is 12.8 Å². The average Bonchev–Trinajstić information content (AvgIpc) is 3.43. The third-order valence-corrected chi connectivity index (χ3v) is 5.74. The number of nitrogens with one attached hydrogen (secondary N) is 1. The molecule has 1 fully saturated rings. The van der Waals surface area contributed by atoms with Gasteiger partial charge in [0.1, 0.15) is 5.75 Å². The molecule has 6 heteroatoms. The minimum atomic E-state index is -0.178. The molecule has 1 atom stereocenters. The quantitative estimate of drug-likeness (QED) is 0.683. The number of ether oxygens (including phenoxy) is 1. The lowest BCUT2D eigenvalue weighted by atomic mass is 9.91. The summed E-state index contributed by atoms with van der Waals surface area (Å²) in [6, 6.07) is 17.7. The zero-order valence-corrected chi connectivity index (χ0v) is 16.8. The summed E-state index contributed by atoms with van der Waals surface area (Å²) >= 11 is 0. The maximum absolute atomic E-state index is 13.1. The lowest BCUT2D eigenvalue weighted by Gasteiger charge is -2.25. The number of hydrogen-bond acceptors (Lipinski definition) is 4. The van der Waals surface area contributed by atoms with Gasteiger partial charge in [0.25, 0.3) is 5.91 Å². The molecule has 1 aliphatic carbocycles. The molecule has 0 saturated heterocycles. The SMILES string of the molecule is COc1ccc(-n2nnc(C(=O)NC(c3ccccc3)C3CCCC3)c2C)cc1. The second-order valence-electron chi connectivity index (χ2n) is 7.54. The van der Waals surface area contributed by atoms with Crippen LogP contribution in [-0.2, 0) is 0 Å². The molecule has 4 rings (SSSR count). The predicted octanol–water partition coefficient (Wildman–Crippen LogP) is 4.25. The Balaban J connectivity index is 1.57. The van der Waals surface area contributed by atoms with E-state index in [-0.39, 0.29) is 11.9 Å². The molecule has 1 unspecified atom stereocenters. The molecule has 1 saturated carbocycles. The van der Waals surface area contributed by atoms with Crippen LogP contribution < -0.4 is 10.1 Å². The molecule has 1 heterocycles. The summed E-state index contributed by atoms with van der Waals surface area (Å²) in [5.41, 5.74) is 3.06. The molecule has 0 radical (unpaired) electrons. The summed E-state index contributed by atoms with van der Waals surface area (Å²) in [5.74, 6) is 1.05. The van der Waals surface area contributed by atoms with E-state index in [1.807, 2.05) is 49.4 Å². The Labute approximate surface area is 170 Å². The Morgan fingerprint density at radius 1 is 1.10 bits per heavy atom. The van der Waals surface area contributed by atoms with Crippen molar-refractivity contribution in [3.8, 4) is 11.4 Å². The van der Waals surface area contributed by atoms with Gasteiger partial charge in [-0.25, -0.2) is 4.68 Å². The van der Waals surface area contributed by atoms with Crippen LogP contribution in [0.25, 0.3) is 5.69 Å². The van der Waals surface area contributed by atoms with Crippen molar-refractivity contribution >= 4 is 5.91 Å². The highest BCUT2D eigenvalue weighted by atomic mass is 16.5. The van der Waals surface area contributed by atoms with Crippen LogP contribution in [0.4, 0.5) is 0 Å². The van der Waals surface area contributed by atoms with Crippen molar-refractivity contribution in [2.45, 2.75) is 38.6 Å². The number of aromatic nitrogens is 3. The van der Waals surface area contributed by atoms with Gasteiger partial charge in [-0.15, -0.1) is 5.10 Å². The van der Waals surface area contributed by atoms with Crippen LogP contribution in [0.2, 0.25) is 0 Å². The number of benzene rings is 2. The molecule has 0 spiro atoms. The number of rotatable bonds is 6. The summed E-state index contributed by atoms with van der Waals surface area (Å²) in [7, 11) is 1.63. The van der Waals surface area contributed by atoms with Crippen molar-refractivity contribution in [1.29, 1.82) is 0 Å². The molecule has 0 aliphatic heterocycles. The monoisotopic (exact) mass is 390 g/mol. The maximum Gasteiger partial charge on any atom is 0.274 e. The highest BCUT2D eigenvalue weighted by molar-refractivity contribution is 5.93. The first-order valence-electron chi connectivity index (χ1n) is 10.1. The van der Waals surface area contributed by atoms with Gasteiger partial charge in [0.15, 0.2) is 5.69 Å². The number of nitrogens with zero attached hydrogens (tertiary/aromatic N) is 3. The highest BCUT2D eigenvalue weighted by Crippen LogP contribution is 2.36. The summed E-state index contributed by atoms with van der Waals surface area (Å²) in [4.78, 5) is 13.1. The Morgan fingerprint density at radius 3 is 2.45 bits per heavy atom. The van der Waals surface area contributed by atoms with E-state index < -0.39 is 0 Å². The van der Waals surface area contributed by atoms with Crippen molar-refractivity contribution in [3.05, 3.63) is 71.5 Å². The second-order valence-corrected chi connectivity index (χ2v) is 7.54. The van der Waals surface area contributed by atoms with E-state index in [9.17, 15) is 4.79 Å². The van der Waals surface area contributed by atoms with Crippen molar-refractivity contribution in [2.24, 2.45) is 5.92 Å². The van der Waals surface area contributed by atoms with E-state index in [1.165, 1.54) is 12.8 Å². The Kier molecular flexibility index (Phi) is 5.60. The van der Waals surface area contributed by atoms with Gasteiger partial charge in [0.2, 0.25) is 0 Å². The van der Waals surface area contributed by atoms with Gasteiger partial charge in [-0.3, -0.25) is 4.79 Å². The summed E-state index contributed by atoms with van der Waals surface area (Å²) in [6.45, 7) is 1.87. The normalized spacial score (nSPS) is 15.2. The predicted molar refractivity (Wildman–Crippen MR) is 111 cm³/mol. The first-order valence-corrected chi connectivity index (χ1v) is 10.1. The van der Waals surface area contributed by atoms with Crippen LogP contribution in [-0.4, -0.2) is 28.0 Å². The molecule has 1 amide bonds. The van der Waals surface area contributed by atoms with Crippen LogP contribution in [0.1, 0.15) is 53.5 Å². The lowest BCUT2D eigenvalue weighted by molar-refractivity contribution is 0.0916. The average molecular weight is 390 g/mol. The van der Waals surface area contributed by atoms with E-state index >= 15 is 0 Å². The highest BCUT2D eigenvalue weighted by Gasteiger charge is 2.29. The molecule has 6 nitrogen and oxygen atoms in total. The number of methoxy groups -OCH3 is 1. The molecule has 3 aromatic rings. The van der Waals surface area contributed by atoms with E-state index in [2.05, 4.69) is 27.8 Å². The Bertz CT molecular complexity index is 960. The summed E-state index contributed by atoms with van der Waals surface area (Å²) in [6.07, 6.45) is 4.71. The fraction of sp³-hybridized carbons (Fsp3) is 0.348. The maximum atomic E-state index is 13.1. The third kappa shape index (κ3) is 4.01. The van der Waals surface area contributed by atoms with E-state index in [0.717, 1.165) is 29.8 Å². The molecular weight excluding hydrogens is 364 g/mol. The summed E-state index contributed by atoms with van der Waals surface area (Å²) < 4.78 is 6.89. The molecular formula is C23H26N4O2. The zero-order valence-electron chi connectivity index (χ0n) is 16.8. The van der Waals surface area contributed by atoms with Crippen molar-refractivity contribution < 1.29 is 9.53 Å². The van der Waals surface area contributed by atoms with Gasteiger partial charge in [0.05, 0.1) is 24.5 Å². The van der Waals surface area contributed by atoms with Crippen LogP contribution in [0.15, 0.2) is 54.6 Å². The van der Waals surface area contributed by atoms with Crippen molar-refractivity contribution in [2.75, 3.05) is 7.11 Å².